The molecule has 1 saturated heterocycles. The Labute approximate surface area is 142 Å². The molecule has 0 spiro atoms. The van der Waals surface area contributed by atoms with Gasteiger partial charge in [-0.05, 0) is 18.9 Å². The van der Waals surface area contributed by atoms with Crippen molar-refractivity contribution in [1.82, 2.24) is 9.47 Å². The molecular weight excluding hydrogens is 300 g/mol. The zero-order valence-electron chi connectivity index (χ0n) is 14.3. The maximum absolute atomic E-state index is 13.3. The molecule has 4 rings (SSSR count). The summed E-state index contributed by atoms with van der Waals surface area (Å²) in [5.74, 6) is 0.170. The molecule has 1 unspecified atom stereocenters. The van der Waals surface area contributed by atoms with Crippen molar-refractivity contribution in [3.8, 4) is 0 Å². The van der Waals surface area contributed by atoms with Gasteiger partial charge in [-0.2, -0.15) is 0 Å². The van der Waals surface area contributed by atoms with E-state index in [1.165, 1.54) is 19.3 Å². The minimum atomic E-state index is 0.0430. The lowest BCUT2D eigenvalue weighted by molar-refractivity contribution is 0.0653. The molecule has 2 aromatic rings. The lowest BCUT2D eigenvalue weighted by atomic mass is 9.99. The first kappa shape index (κ1) is 15.4. The maximum Gasteiger partial charge on any atom is 0.271 e. The summed E-state index contributed by atoms with van der Waals surface area (Å²) in [5.41, 5.74) is 2.19. The molecule has 1 atom stereocenters. The number of carbonyl (C=O) groups excluding carboxylic acids is 2. The fraction of sp³-hybridized carbons (Fsp3) is 0.500. The molecule has 126 valence electrons. The number of rotatable bonds is 0. The molecule has 2 aliphatic heterocycles. The number of benzene rings is 1. The second kappa shape index (κ2) is 6.08. The van der Waals surface area contributed by atoms with Gasteiger partial charge in [0, 0.05) is 37.0 Å². The smallest absolute Gasteiger partial charge is 0.271 e. The van der Waals surface area contributed by atoms with E-state index in [1.54, 1.807) is 0 Å². The zero-order valence-corrected chi connectivity index (χ0v) is 14.3. The molecule has 0 bridgehead atoms. The van der Waals surface area contributed by atoms with E-state index < -0.39 is 0 Å². The highest BCUT2D eigenvalue weighted by Gasteiger charge is 2.37. The number of hydrogen-bond donors (Lipinski definition) is 0. The van der Waals surface area contributed by atoms with Gasteiger partial charge < -0.3 is 9.47 Å². The summed E-state index contributed by atoms with van der Waals surface area (Å²) in [6, 6.07) is 7.92. The Kier molecular flexibility index (Phi) is 3.91. The number of aromatic nitrogens is 1. The van der Waals surface area contributed by atoms with Gasteiger partial charge in [0.2, 0.25) is 0 Å². The third-order valence-electron chi connectivity index (χ3n) is 5.65. The number of nitrogens with zero attached hydrogens (tertiary/aromatic N) is 2. The largest absolute Gasteiger partial charge is 0.339 e. The van der Waals surface area contributed by atoms with Gasteiger partial charge in [-0.3, -0.25) is 9.59 Å². The summed E-state index contributed by atoms with van der Waals surface area (Å²) in [4.78, 5) is 28.4. The Morgan fingerprint density at radius 3 is 2.62 bits per heavy atom. The third kappa shape index (κ3) is 2.36. The van der Waals surface area contributed by atoms with Crippen molar-refractivity contribution in [2.24, 2.45) is 7.05 Å². The predicted molar refractivity (Wildman–Crippen MR) is 94.4 cm³/mol. The van der Waals surface area contributed by atoms with Gasteiger partial charge in [-0.15, -0.1) is 0 Å². The SMILES string of the molecule is Cn1c2c(c3ccccc31)C(=O)CC1CCCCCCCN1C2=O. The summed E-state index contributed by atoms with van der Waals surface area (Å²) in [6.07, 6.45) is 7.18. The molecule has 1 aromatic heterocycles. The first-order valence-corrected chi connectivity index (χ1v) is 9.10. The zero-order chi connectivity index (χ0) is 16.7. The molecule has 4 nitrogen and oxygen atoms in total. The Morgan fingerprint density at radius 2 is 1.75 bits per heavy atom. The van der Waals surface area contributed by atoms with Crippen molar-refractivity contribution in [2.45, 2.75) is 51.0 Å². The quantitative estimate of drug-likeness (QED) is 0.737. The van der Waals surface area contributed by atoms with E-state index in [9.17, 15) is 9.59 Å². The normalized spacial score (nSPS) is 22.4. The molecule has 24 heavy (non-hydrogen) atoms. The summed E-state index contributed by atoms with van der Waals surface area (Å²) < 4.78 is 1.92. The molecule has 3 heterocycles. The monoisotopic (exact) mass is 324 g/mol. The molecule has 0 saturated carbocycles. The van der Waals surface area contributed by atoms with Gasteiger partial charge in [-0.25, -0.2) is 0 Å². The summed E-state index contributed by atoms with van der Waals surface area (Å²) in [5, 5.41) is 0.918. The summed E-state index contributed by atoms with van der Waals surface area (Å²) in [6.45, 7) is 0.776. The van der Waals surface area contributed by atoms with Crippen LogP contribution in [0.2, 0.25) is 0 Å². The van der Waals surface area contributed by atoms with Gasteiger partial charge >= 0.3 is 0 Å². The minimum Gasteiger partial charge on any atom is -0.339 e. The van der Waals surface area contributed by atoms with E-state index in [4.69, 9.17) is 0 Å². The lowest BCUT2D eigenvalue weighted by Crippen LogP contribution is -2.40. The Bertz CT molecular complexity index is 805. The number of fused-ring (bicyclic) bond motifs is 4. The van der Waals surface area contributed by atoms with Crippen molar-refractivity contribution in [3.63, 3.8) is 0 Å². The van der Waals surface area contributed by atoms with Crippen LogP contribution in [0.5, 0.6) is 0 Å². The predicted octanol–water partition coefficient (Wildman–Crippen LogP) is 3.93. The third-order valence-corrected chi connectivity index (χ3v) is 5.65. The fourth-order valence-electron chi connectivity index (χ4n) is 4.39. The van der Waals surface area contributed by atoms with E-state index in [-0.39, 0.29) is 17.7 Å². The molecule has 4 heteroatoms. The first-order valence-electron chi connectivity index (χ1n) is 9.10. The second-order valence-electron chi connectivity index (χ2n) is 7.14. The second-order valence-corrected chi connectivity index (χ2v) is 7.14. The lowest BCUT2D eigenvalue weighted by Gasteiger charge is -2.29. The van der Waals surface area contributed by atoms with Crippen LogP contribution in [0, 0.1) is 0 Å². The molecule has 0 N–H and O–H groups in total. The number of hydrogen-bond acceptors (Lipinski definition) is 2. The topological polar surface area (TPSA) is 42.3 Å². The van der Waals surface area contributed by atoms with Crippen molar-refractivity contribution < 1.29 is 9.59 Å². The van der Waals surface area contributed by atoms with Crippen molar-refractivity contribution in [3.05, 3.63) is 35.5 Å². The van der Waals surface area contributed by atoms with Gasteiger partial charge in [0.25, 0.3) is 5.91 Å². The van der Waals surface area contributed by atoms with Crippen LogP contribution in [0.25, 0.3) is 10.9 Å². The molecule has 0 aliphatic carbocycles. The average Bonchev–Trinajstić information content (AvgIpc) is 2.89. The molecule has 2 aliphatic rings. The van der Waals surface area contributed by atoms with Gasteiger partial charge in [-0.1, -0.05) is 43.9 Å². The highest BCUT2D eigenvalue weighted by Crippen LogP contribution is 2.33. The number of carbonyl (C=O) groups is 2. The van der Waals surface area contributed by atoms with Gasteiger partial charge in [0.1, 0.15) is 5.69 Å². The van der Waals surface area contributed by atoms with E-state index in [0.29, 0.717) is 17.7 Å². The van der Waals surface area contributed by atoms with Crippen LogP contribution in [-0.4, -0.2) is 33.7 Å². The molecular formula is C20H24N2O2. The summed E-state index contributed by atoms with van der Waals surface area (Å²) >= 11 is 0. The van der Waals surface area contributed by atoms with Crippen LogP contribution in [-0.2, 0) is 7.05 Å². The maximum atomic E-state index is 13.3. The van der Waals surface area contributed by atoms with Crippen LogP contribution in [0.3, 0.4) is 0 Å². The highest BCUT2D eigenvalue weighted by molar-refractivity contribution is 6.17. The molecule has 1 aromatic carbocycles. The van der Waals surface area contributed by atoms with Crippen LogP contribution in [0.4, 0.5) is 0 Å². The van der Waals surface area contributed by atoms with Crippen molar-refractivity contribution in [2.75, 3.05) is 6.54 Å². The van der Waals surface area contributed by atoms with Gasteiger partial charge in [0.15, 0.2) is 5.78 Å². The minimum absolute atomic E-state index is 0.0430. The number of ketones is 1. The standard InChI is InChI=1S/C20H24N2O2/c1-21-16-11-7-6-10-15(16)18-17(23)13-14-9-5-3-2-4-8-12-22(14)20(24)19(18)21/h6-7,10-11,14H,2-5,8-9,12-13H2,1H3. The average molecular weight is 324 g/mol. The van der Waals surface area contributed by atoms with Crippen molar-refractivity contribution in [1.29, 1.82) is 0 Å². The van der Waals surface area contributed by atoms with Crippen LogP contribution < -0.4 is 0 Å². The first-order chi connectivity index (χ1) is 11.7. The fourth-order valence-corrected chi connectivity index (χ4v) is 4.39. The van der Waals surface area contributed by atoms with Crippen LogP contribution in [0.15, 0.2) is 24.3 Å². The molecule has 0 radical (unpaired) electrons. The molecule has 1 fully saturated rings. The van der Waals surface area contributed by atoms with E-state index in [1.807, 2.05) is 40.8 Å². The summed E-state index contributed by atoms with van der Waals surface area (Å²) in [7, 11) is 1.91. The Morgan fingerprint density at radius 1 is 1.00 bits per heavy atom. The number of amides is 1. The van der Waals surface area contributed by atoms with Gasteiger partial charge in [0.05, 0.1) is 5.56 Å². The molecule has 1 amide bonds. The van der Waals surface area contributed by atoms with E-state index in [0.717, 1.165) is 36.7 Å². The number of aryl methyl sites for hydroxylation is 1. The number of Topliss-reactive ketones (excluding diaryl/α,β-unsaturated/α-hetero) is 1. The van der Waals surface area contributed by atoms with E-state index >= 15 is 0 Å². The highest BCUT2D eigenvalue weighted by atomic mass is 16.2. The van der Waals surface area contributed by atoms with Crippen LogP contribution >= 0.6 is 0 Å². The van der Waals surface area contributed by atoms with E-state index in [2.05, 4.69) is 0 Å². The Hall–Kier alpha value is -2.10. The Balaban J connectivity index is 1.86. The van der Waals surface area contributed by atoms with Crippen LogP contribution in [0.1, 0.15) is 65.8 Å². The van der Waals surface area contributed by atoms with Crippen molar-refractivity contribution >= 4 is 22.6 Å². The number of para-hydroxylation sites is 1.